The molecular weight excluding hydrogens is 400 g/mol. The fourth-order valence-electron chi connectivity index (χ4n) is 2.99. The molecule has 0 aliphatic rings. The number of aromatic nitrogens is 3. The average Bonchev–Trinajstić information content (AvgIpc) is 3.37. The number of ether oxygens (including phenoxy) is 1. The molecule has 0 spiro atoms. The smallest absolute Gasteiger partial charge is 0.338 e. The van der Waals surface area contributed by atoms with Crippen LogP contribution in [-0.2, 0) is 9.53 Å². The predicted molar refractivity (Wildman–Crippen MR) is 117 cm³/mol. The number of aromatic amines is 1. The van der Waals surface area contributed by atoms with Crippen LogP contribution in [0.3, 0.4) is 0 Å². The van der Waals surface area contributed by atoms with Crippen LogP contribution in [0.15, 0.2) is 53.9 Å². The van der Waals surface area contributed by atoms with Crippen molar-refractivity contribution in [2.24, 2.45) is 0 Å². The topological polar surface area (TPSA) is 97.0 Å². The Morgan fingerprint density at radius 2 is 1.97 bits per heavy atom. The van der Waals surface area contributed by atoms with Crippen molar-refractivity contribution in [3.63, 3.8) is 0 Å². The van der Waals surface area contributed by atoms with E-state index in [1.54, 1.807) is 25.1 Å². The van der Waals surface area contributed by atoms with E-state index in [0.717, 1.165) is 28.1 Å². The van der Waals surface area contributed by atoms with Gasteiger partial charge < -0.3 is 9.72 Å². The van der Waals surface area contributed by atoms with E-state index in [4.69, 9.17) is 4.74 Å². The molecule has 0 saturated heterocycles. The molecule has 1 unspecified atom stereocenters. The number of fused-ring (bicyclic) bond motifs is 1. The molecule has 2 heterocycles. The summed E-state index contributed by atoms with van der Waals surface area (Å²) in [5.74, 6) is -0.236. The van der Waals surface area contributed by atoms with E-state index < -0.39 is 18.0 Å². The van der Waals surface area contributed by atoms with Gasteiger partial charge in [-0.25, -0.2) is 14.8 Å². The lowest BCUT2D eigenvalue weighted by Crippen LogP contribution is -2.32. The lowest BCUT2D eigenvalue weighted by Gasteiger charge is -2.15. The second-order valence-corrected chi connectivity index (χ2v) is 7.63. The minimum atomic E-state index is -0.904. The van der Waals surface area contributed by atoms with Crippen LogP contribution in [0.25, 0.3) is 22.4 Å². The molecule has 152 valence electrons. The first-order valence-electron chi connectivity index (χ1n) is 9.52. The van der Waals surface area contributed by atoms with Gasteiger partial charge in [-0.15, -0.1) is 11.3 Å². The van der Waals surface area contributed by atoms with Crippen molar-refractivity contribution < 1.29 is 14.3 Å². The number of amides is 1. The average molecular weight is 420 g/mol. The summed E-state index contributed by atoms with van der Waals surface area (Å²) in [6.45, 7) is 3.63. The Hall–Kier alpha value is -3.52. The number of anilines is 1. The molecule has 0 aliphatic carbocycles. The summed E-state index contributed by atoms with van der Waals surface area (Å²) in [5.41, 5.74) is 3.59. The maximum atomic E-state index is 12.6. The lowest BCUT2D eigenvalue weighted by atomic mass is 10.2. The standard InChI is InChI=1S/C22H20N4O3S/c1-3-18(20(27)26-22-23-13(2)12-30-22)29-21(28)15-9-10-16-17(11-15)25-19(24-16)14-7-5-4-6-8-14/h4-12,18H,3H2,1-2H3,(H,24,25)(H,23,26,27). The number of imidazole rings is 1. The SMILES string of the molecule is CCC(OC(=O)c1ccc2nc(-c3ccccc3)[nH]c2c1)C(=O)Nc1nc(C)cs1. The first kappa shape index (κ1) is 19.8. The Labute approximate surface area is 177 Å². The Bertz CT molecular complexity index is 1200. The highest BCUT2D eigenvalue weighted by molar-refractivity contribution is 7.13. The summed E-state index contributed by atoms with van der Waals surface area (Å²) < 4.78 is 5.46. The molecule has 0 radical (unpaired) electrons. The number of hydrogen-bond acceptors (Lipinski definition) is 6. The molecule has 7 nitrogen and oxygen atoms in total. The Morgan fingerprint density at radius 3 is 2.67 bits per heavy atom. The molecule has 1 atom stereocenters. The van der Waals surface area contributed by atoms with Gasteiger partial charge in [-0.2, -0.15) is 0 Å². The predicted octanol–water partition coefficient (Wildman–Crippen LogP) is 4.57. The Balaban J connectivity index is 1.49. The molecule has 4 rings (SSSR count). The molecule has 1 amide bonds. The summed E-state index contributed by atoms with van der Waals surface area (Å²) in [7, 11) is 0. The van der Waals surface area contributed by atoms with Crippen LogP contribution in [0.5, 0.6) is 0 Å². The van der Waals surface area contributed by atoms with Gasteiger partial charge >= 0.3 is 5.97 Å². The molecular formula is C22H20N4O3S. The zero-order chi connectivity index (χ0) is 21.1. The highest BCUT2D eigenvalue weighted by atomic mass is 32.1. The first-order valence-corrected chi connectivity index (χ1v) is 10.4. The molecule has 4 aromatic rings. The number of esters is 1. The molecule has 0 bridgehead atoms. The number of aryl methyl sites for hydroxylation is 1. The van der Waals surface area contributed by atoms with E-state index >= 15 is 0 Å². The number of nitrogens with one attached hydrogen (secondary N) is 2. The van der Waals surface area contributed by atoms with E-state index in [9.17, 15) is 9.59 Å². The van der Waals surface area contributed by atoms with Crippen molar-refractivity contribution in [2.75, 3.05) is 5.32 Å². The molecule has 2 aromatic heterocycles. The molecule has 8 heteroatoms. The summed E-state index contributed by atoms with van der Waals surface area (Å²) in [6, 6.07) is 14.8. The van der Waals surface area contributed by atoms with E-state index in [0.29, 0.717) is 17.1 Å². The van der Waals surface area contributed by atoms with E-state index in [1.165, 1.54) is 11.3 Å². The van der Waals surface area contributed by atoms with Gasteiger partial charge in [-0.1, -0.05) is 37.3 Å². The fraction of sp³-hybridized carbons (Fsp3) is 0.182. The summed E-state index contributed by atoms with van der Waals surface area (Å²) in [5, 5.41) is 5.02. The van der Waals surface area contributed by atoms with Gasteiger partial charge in [0.05, 0.1) is 22.3 Å². The number of H-pyrrole nitrogens is 1. The third kappa shape index (κ3) is 4.23. The molecule has 0 fully saturated rings. The minimum absolute atomic E-state index is 0.349. The first-order chi connectivity index (χ1) is 14.5. The molecule has 2 N–H and O–H groups in total. The lowest BCUT2D eigenvalue weighted by molar-refractivity contribution is -0.124. The fourth-order valence-corrected chi connectivity index (χ4v) is 3.68. The van der Waals surface area contributed by atoms with Gasteiger partial charge in [-0.3, -0.25) is 10.1 Å². The van der Waals surface area contributed by atoms with Crippen LogP contribution in [-0.4, -0.2) is 32.9 Å². The maximum Gasteiger partial charge on any atom is 0.338 e. The van der Waals surface area contributed by atoms with Crippen molar-refractivity contribution >= 4 is 39.4 Å². The Kier molecular flexibility index (Phi) is 5.58. The quantitative estimate of drug-likeness (QED) is 0.446. The minimum Gasteiger partial charge on any atom is -0.449 e. The van der Waals surface area contributed by atoms with Crippen LogP contribution in [0.4, 0.5) is 5.13 Å². The van der Waals surface area contributed by atoms with Crippen LogP contribution >= 0.6 is 11.3 Å². The molecule has 0 aliphatic heterocycles. The number of thiazole rings is 1. The van der Waals surface area contributed by atoms with Crippen molar-refractivity contribution in [3.05, 3.63) is 65.2 Å². The number of benzene rings is 2. The third-order valence-corrected chi connectivity index (χ3v) is 5.40. The number of carbonyl (C=O) groups excluding carboxylic acids is 2. The van der Waals surface area contributed by atoms with Crippen LogP contribution in [0.2, 0.25) is 0 Å². The zero-order valence-corrected chi connectivity index (χ0v) is 17.3. The zero-order valence-electron chi connectivity index (χ0n) is 16.5. The second kappa shape index (κ2) is 8.46. The summed E-state index contributed by atoms with van der Waals surface area (Å²) in [6.07, 6.45) is -0.550. The number of rotatable bonds is 6. The maximum absolute atomic E-state index is 12.6. The molecule has 0 saturated carbocycles. The number of hydrogen-bond donors (Lipinski definition) is 2. The van der Waals surface area contributed by atoms with Gasteiger partial charge in [-0.05, 0) is 31.5 Å². The second-order valence-electron chi connectivity index (χ2n) is 6.77. The van der Waals surface area contributed by atoms with Gasteiger partial charge in [0.25, 0.3) is 5.91 Å². The van der Waals surface area contributed by atoms with Gasteiger partial charge in [0, 0.05) is 10.9 Å². The highest BCUT2D eigenvalue weighted by Gasteiger charge is 2.23. The van der Waals surface area contributed by atoms with Crippen molar-refractivity contribution in [1.82, 2.24) is 15.0 Å². The van der Waals surface area contributed by atoms with Crippen LogP contribution in [0, 0.1) is 6.92 Å². The number of carbonyl (C=O) groups is 2. The van der Waals surface area contributed by atoms with Crippen molar-refractivity contribution in [3.8, 4) is 11.4 Å². The third-order valence-electron chi connectivity index (χ3n) is 4.53. The summed E-state index contributed by atoms with van der Waals surface area (Å²) >= 11 is 1.33. The van der Waals surface area contributed by atoms with Gasteiger partial charge in [0.2, 0.25) is 0 Å². The van der Waals surface area contributed by atoms with Gasteiger partial charge in [0.1, 0.15) is 5.82 Å². The normalized spacial score (nSPS) is 11.9. The summed E-state index contributed by atoms with van der Waals surface area (Å²) in [4.78, 5) is 37.1. The van der Waals surface area contributed by atoms with Crippen molar-refractivity contribution in [2.45, 2.75) is 26.4 Å². The van der Waals surface area contributed by atoms with Crippen LogP contribution < -0.4 is 5.32 Å². The highest BCUT2D eigenvalue weighted by Crippen LogP contribution is 2.22. The van der Waals surface area contributed by atoms with Crippen molar-refractivity contribution in [1.29, 1.82) is 0 Å². The van der Waals surface area contributed by atoms with Gasteiger partial charge in [0.15, 0.2) is 11.2 Å². The molecule has 30 heavy (non-hydrogen) atoms. The van der Waals surface area contributed by atoms with E-state index in [2.05, 4.69) is 20.3 Å². The Morgan fingerprint density at radius 1 is 1.17 bits per heavy atom. The van der Waals surface area contributed by atoms with Crippen LogP contribution in [0.1, 0.15) is 29.4 Å². The number of nitrogens with zero attached hydrogens (tertiary/aromatic N) is 2. The largest absolute Gasteiger partial charge is 0.449 e. The monoisotopic (exact) mass is 420 g/mol. The molecule has 2 aromatic carbocycles. The van der Waals surface area contributed by atoms with E-state index in [1.807, 2.05) is 42.6 Å². The van der Waals surface area contributed by atoms with E-state index in [-0.39, 0.29) is 0 Å².